The number of nitrogens with zero attached hydrogens (tertiary/aromatic N) is 1. The minimum atomic E-state index is -0.551. The van der Waals surface area contributed by atoms with Gasteiger partial charge in [-0.25, -0.2) is 0 Å². The highest BCUT2D eigenvalue weighted by molar-refractivity contribution is 5.96. The van der Waals surface area contributed by atoms with Crippen molar-refractivity contribution in [1.29, 1.82) is 0 Å². The van der Waals surface area contributed by atoms with Crippen LogP contribution in [0.15, 0.2) is 18.2 Å². The summed E-state index contributed by atoms with van der Waals surface area (Å²) in [6, 6.07) is 4.09. The van der Waals surface area contributed by atoms with E-state index in [4.69, 9.17) is 5.84 Å². The zero-order valence-corrected chi connectivity index (χ0v) is 11.5. The second kappa shape index (κ2) is 5.09. The molecule has 1 aromatic carbocycles. The van der Waals surface area contributed by atoms with Crippen molar-refractivity contribution in [3.63, 3.8) is 0 Å². The van der Waals surface area contributed by atoms with Gasteiger partial charge in [-0.05, 0) is 44.7 Å². The molecule has 1 aliphatic rings. The summed E-state index contributed by atoms with van der Waals surface area (Å²) in [5.74, 6) is 5.50. The van der Waals surface area contributed by atoms with Crippen LogP contribution in [-0.2, 0) is 0 Å². The largest absolute Gasteiger partial charge is 0.347 e. The quantitative estimate of drug-likeness (QED) is 0.432. The molecule has 7 nitrogen and oxygen atoms in total. The minimum Gasteiger partial charge on any atom is -0.347 e. The van der Waals surface area contributed by atoms with E-state index in [1.165, 1.54) is 18.2 Å². The molecular weight excluding hydrogens is 260 g/mol. The van der Waals surface area contributed by atoms with Crippen LogP contribution in [-0.4, -0.2) is 16.4 Å². The first kappa shape index (κ1) is 14.3. The number of anilines is 1. The number of hydrogen-bond donors (Lipinski definition) is 3. The van der Waals surface area contributed by atoms with E-state index in [1.807, 2.05) is 13.8 Å². The second-order valence-electron chi connectivity index (χ2n) is 5.58. The van der Waals surface area contributed by atoms with Gasteiger partial charge in [0.2, 0.25) is 0 Å². The van der Waals surface area contributed by atoms with Crippen LogP contribution in [0.2, 0.25) is 0 Å². The molecule has 0 saturated heterocycles. The van der Waals surface area contributed by atoms with Gasteiger partial charge in [0.25, 0.3) is 11.6 Å². The van der Waals surface area contributed by atoms with Crippen molar-refractivity contribution in [2.45, 2.75) is 32.2 Å². The Morgan fingerprint density at radius 2 is 2.10 bits per heavy atom. The number of nitrogen functional groups attached to an aromatic ring is 1. The molecule has 1 aromatic rings. The molecule has 0 radical (unpaired) electrons. The number of nitro groups is 1. The van der Waals surface area contributed by atoms with E-state index < -0.39 is 4.92 Å². The van der Waals surface area contributed by atoms with Crippen molar-refractivity contribution in [3.05, 3.63) is 33.9 Å². The summed E-state index contributed by atoms with van der Waals surface area (Å²) in [6.07, 6.45) is 2.23. The third kappa shape index (κ3) is 2.88. The first-order valence-electron chi connectivity index (χ1n) is 6.42. The second-order valence-corrected chi connectivity index (χ2v) is 5.58. The van der Waals surface area contributed by atoms with Gasteiger partial charge in [-0.3, -0.25) is 20.8 Å². The minimum absolute atomic E-state index is 0.117. The van der Waals surface area contributed by atoms with Gasteiger partial charge in [0, 0.05) is 17.2 Å². The monoisotopic (exact) mass is 278 g/mol. The Morgan fingerprint density at radius 1 is 1.45 bits per heavy atom. The van der Waals surface area contributed by atoms with Crippen molar-refractivity contribution in [2.24, 2.45) is 11.8 Å². The third-order valence-corrected chi connectivity index (χ3v) is 3.64. The van der Waals surface area contributed by atoms with Gasteiger partial charge in [-0.1, -0.05) is 0 Å². The third-order valence-electron chi connectivity index (χ3n) is 3.64. The number of nitro benzene ring substituents is 1. The number of nitrogens with two attached hydrogens (primary N) is 1. The summed E-state index contributed by atoms with van der Waals surface area (Å²) in [5.41, 5.74) is 2.28. The highest BCUT2D eigenvalue weighted by Gasteiger charge is 2.38. The topological polar surface area (TPSA) is 110 Å². The van der Waals surface area contributed by atoms with E-state index in [-0.39, 0.29) is 22.8 Å². The standard InChI is InChI=1S/C13H18N4O3/c1-13(2,9-4-5-9)15-12(18)8-3-6-11(17(19)20)10(7-8)16-14/h3,6-7,9,16H,4-5,14H2,1-2H3,(H,15,18). The summed E-state index contributed by atoms with van der Waals surface area (Å²) in [7, 11) is 0. The first-order chi connectivity index (χ1) is 9.35. The summed E-state index contributed by atoms with van der Waals surface area (Å²) >= 11 is 0. The van der Waals surface area contributed by atoms with Crippen LogP contribution in [0.25, 0.3) is 0 Å². The lowest BCUT2D eigenvalue weighted by Gasteiger charge is -2.26. The number of amides is 1. The molecule has 20 heavy (non-hydrogen) atoms. The van der Waals surface area contributed by atoms with Crippen molar-refractivity contribution in [1.82, 2.24) is 5.32 Å². The predicted molar refractivity (Wildman–Crippen MR) is 75.2 cm³/mol. The van der Waals surface area contributed by atoms with Crippen LogP contribution >= 0.6 is 0 Å². The first-order valence-corrected chi connectivity index (χ1v) is 6.42. The fourth-order valence-electron chi connectivity index (χ4n) is 2.22. The summed E-state index contributed by atoms with van der Waals surface area (Å²) < 4.78 is 0. The number of carbonyl (C=O) groups is 1. The normalized spacial score (nSPS) is 14.8. The van der Waals surface area contributed by atoms with Gasteiger partial charge in [-0.15, -0.1) is 0 Å². The molecule has 7 heteroatoms. The molecule has 4 N–H and O–H groups in total. The molecular formula is C13H18N4O3. The Balaban J connectivity index is 2.20. The maximum atomic E-state index is 12.2. The number of nitrogens with one attached hydrogen (secondary N) is 2. The van der Waals surface area contributed by atoms with Gasteiger partial charge in [0.15, 0.2) is 0 Å². The Labute approximate surface area is 116 Å². The van der Waals surface area contributed by atoms with Crippen LogP contribution < -0.4 is 16.6 Å². The SMILES string of the molecule is CC(C)(NC(=O)c1ccc([N+](=O)[O-])c(NN)c1)C1CC1. The van der Waals surface area contributed by atoms with Crippen molar-refractivity contribution in [3.8, 4) is 0 Å². The zero-order chi connectivity index (χ0) is 14.9. The molecule has 1 aliphatic carbocycles. The van der Waals surface area contributed by atoms with Gasteiger partial charge >= 0.3 is 0 Å². The molecule has 108 valence electrons. The van der Waals surface area contributed by atoms with E-state index >= 15 is 0 Å². The van der Waals surface area contributed by atoms with Gasteiger partial charge in [0.1, 0.15) is 5.69 Å². The molecule has 1 saturated carbocycles. The maximum Gasteiger partial charge on any atom is 0.293 e. The Bertz CT molecular complexity index is 553. The van der Waals surface area contributed by atoms with Crippen molar-refractivity contribution >= 4 is 17.3 Å². The smallest absolute Gasteiger partial charge is 0.293 e. The van der Waals surface area contributed by atoms with Gasteiger partial charge in [0.05, 0.1) is 4.92 Å². The van der Waals surface area contributed by atoms with E-state index in [2.05, 4.69) is 10.7 Å². The van der Waals surface area contributed by atoms with E-state index in [9.17, 15) is 14.9 Å². The lowest BCUT2D eigenvalue weighted by molar-refractivity contribution is -0.384. The number of hydrazine groups is 1. The fourth-order valence-corrected chi connectivity index (χ4v) is 2.22. The number of benzene rings is 1. The molecule has 0 heterocycles. The lowest BCUT2D eigenvalue weighted by atomic mass is 9.98. The molecule has 0 spiro atoms. The molecule has 1 fully saturated rings. The fraction of sp³-hybridized carbons (Fsp3) is 0.462. The number of hydrogen-bond acceptors (Lipinski definition) is 5. The van der Waals surface area contributed by atoms with E-state index in [0.717, 1.165) is 12.8 Å². The predicted octanol–water partition coefficient (Wildman–Crippen LogP) is 1.80. The Hall–Kier alpha value is -2.15. The van der Waals surface area contributed by atoms with E-state index in [0.29, 0.717) is 11.5 Å². The van der Waals surface area contributed by atoms with Crippen LogP contribution in [0.3, 0.4) is 0 Å². The highest BCUT2D eigenvalue weighted by Crippen LogP contribution is 2.39. The van der Waals surface area contributed by atoms with Crippen molar-refractivity contribution < 1.29 is 9.72 Å². The Morgan fingerprint density at radius 3 is 2.60 bits per heavy atom. The van der Waals surface area contributed by atoms with Gasteiger partial charge in [-0.2, -0.15) is 0 Å². The molecule has 0 aromatic heterocycles. The average Bonchev–Trinajstić information content (AvgIpc) is 3.21. The van der Waals surface area contributed by atoms with Crippen molar-refractivity contribution in [2.75, 3.05) is 5.43 Å². The van der Waals surface area contributed by atoms with Gasteiger partial charge < -0.3 is 10.7 Å². The number of carbonyl (C=O) groups excluding carboxylic acids is 1. The van der Waals surface area contributed by atoms with Crippen LogP contribution in [0, 0.1) is 16.0 Å². The molecule has 0 unspecified atom stereocenters. The van der Waals surface area contributed by atoms with Crippen LogP contribution in [0.4, 0.5) is 11.4 Å². The maximum absolute atomic E-state index is 12.2. The molecule has 0 atom stereocenters. The Kier molecular flexibility index (Phi) is 3.63. The molecule has 1 amide bonds. The van der Waals surface area contributed by atoms with E-state index in [1.54, 1.807) is 0 Å². The van der Waals surface area contributed by atoms with Crippen LogP contribution in [0.1, 0.15) is 37.0 Å². The zero-order valence-electron chi connectivity index (χ0n) is 11.5. The molecule has 0 aliphatic heterocycles. The lowest BCUT2D eigenvalue weighted by Crippen LogP contribution is -2.45. The highest BCUT2D eigenvalue weighted by atomic mass is 16.6. The molecule has 0 bridgehead atoms. The summed E-state index contributed by atoms with van der Waals surface area (Å²) in [4.78, 5) is 22.4. The average molecular weight is 278 g/mol. The number of rotatable bonds is 5. The summed E-state index contributed by atoms with van der Waals surface area (Å²) in [6.45, 7) is 3.96. The summed E-state index contributed by atoms with van der Waals surface area (Å²) in [5, 5.41) is 13.8. The van der Waals surface area contributed by atoms with Crippen LogP contribution in [0.5, 0.6) is 0 Å². The molecule has 2 rings (SSSR count).